The highest BCUT2D eigenvalue weighted by Gasteiger charge is 2.07. The van der Waals surface area contributed by atoms with Crippen molar-refractivity contribution in [2.75, 3.05) is 0 Å². The number of hydrogen-bond donors (Lipinski definition) is 2. The number of aromatic nitrogens is 1. The van der Waals surface area contributed by atoms with Gasteiger partial charge in [0, 0.05) is 0 Å². The zero-order valence-corrected chi connectivity index (χ0v) is 6.92. The first kappa shape index (κ1) is 9.09. The molecule has 0 radical (unpaired) electrons. The second-order valence-electron chi connectivity index (χ2n) is 2.53. The molecule has 1 aromatic heterocycles. The summed E-state index contributed by atoms with van der Waals surface area (Å²) < 4.78 is 12.4. The van der Waals surface area contributed by atoms with Gasteiger partial charge in [0.05, 0.1) is 17.9 Å². The smallest absolute Gasteiger partial charge is 0.141 e. The highest BCUT2D eigenvalue weighted by molar-refractivity contribution is 5.09. The fraction of sp³-hybridized carbons (Fsp3) is 0.375. The fourth-order valence-corrected chi connectivity index (χ4v) is 1.01. The Kier molecular flexibility index (Phi) is 3.13. The van der Waals surface area contributed by atoms with Gasteiger partial charge in [-0.05, 0) is 18.6 Å². The number of hydrazine groups is 1. The topological polar surface area (TPSA) is 50.9 Å². The molecule has 3 nitrogen and oxygen atoms in total. The molecule has 0 aliphatic heterocycles. The molecule has 0 bridgehead atoms. The lowest BCUT2D eigenvalue weighted by atomic mass is 10.1. The summed E-state index contributed by atoms with van der Waals surface area (Å²) in [5, 5.41) is 0. The largest absolute Gasteiger partial charge is 0.271 e. The highest BCUT2D eigenvalue weighted by atomic mass is 19.1. The van der Waals surface area contributed by atoms with E-state index >= 15 is 0 Å². The number of nitrogens with two attached hydrogens (primary N) is 1. The van der Waals surface area contributed by atoms with Crippen molar-refractivity contribution in [3.05, 3.63) is 29.8 Å². The first-order valence-corrected chi connectivity index (χ1v) is 3.85. The summed E-state index contributed by atoms with van der Waals surface area (Å²) in [6, 6.07) is 3.01. The summed E-state index contributed by atoms with van der Waals surface area (Å²) in [5.74, 6) is 4.94. The maximum atomic E-state index is 12.4. The van der Waals surface area contributed by atoms with Crippen LogP contribution in [0.3, 0.4) is 0 Å². The molecule has 1 rings (SSSR count). The van der Waals surface area contributed by atoms with Gasteiger partial charge < -0.3 is 0 Å². The zero-order chi connectivity index (χ0) is 8.97. The van der Waals surface area contributed by atoms with Crippen LogP contribution >= 0.6 is 0 Å². The second-order valence-corrected chi connectivity index (χ2v) is 2.53. The van der Waals surface area contributed by atoms with Crippen molar-refractivity contribution >= 4 is 0 Å². The van der Waals surface area contributed by atoms with E-state index in [2.05, 4.69) is 10.4 Å². The third-order valence-electron chi connectivity index (χ3n) is 1.72. The zero-order valence-electron chi connectivity index (χ0n) is 6.92. The monoisotopic (exact) mass is 169 g/mol. The summed E-state index contributed by atoms with van der Waals surface area (Å²) in [6.45, 7) is 1.98. The number of hydrogen-bond acceptors (Lipinski definition) is 3. The predicted molar refractivity (Wildman–Crippen MR) is 44.6 cm³/mol. The number of nitrogens with zero attached hydrogens (tertiary/aromatic N) is 1. The van der Waals surface area contributed by atoms with E-state index in [4.69, 9.17) is 5.84 Å². The molecule has 1 heterocycles. The van der Waals surface area contributed by atoms with Crippen molar-refractivity contribution in [1.29, 1.82) is 0 Å². The minimum atomic E-state index is -0.328. The van der Waals surface area contributed by atoms with Crippen molar-refractivity contribution in [2.24, 2.45) is 5.84 Å². The molecule has 0 aliphatic rings. The van der Waals surface area contributed by atoms with Gasteiger partial charge in [0.25, 0.3) is 0 Å². The van der Waals surface area contributed by atoms with Crippen LogP contribution in [0.5, 0.6) is 0 Å². The molecule has 3 N–H and O–H groups in total. The molecule has 66 valence electrons. The van der Waals surface area contributed by atoms with Gasteiger partial charge in [0.1, 0.15) is 5.82 Å². The molecule has 0 amide bonds. The SMILES string of the molecule is CCC(NN)c1ccc(F)cn1. The molecule has 1 atom stereocenters. The van der Waals surface area contributed by atoms with Crippen LogP contribution < -0.4 is 11.3 Å². The predicted octanol–water partition coefficient (Wildman–Crippen LogP) is 1.14. The minimum absolute atomic E-state index is 0.00519. The lowest BCUT2D eigenvalue weighted by molar-refractivity contribution is 0.521. The van der Waals surface area contributed by atoms with Crippen LogP contribution in [-0.2, 0) is 0 Å². The van der Waals surface area contributed by atoms with Crippen LogP contribution in [0.25, 0.3) is 0 Å². The fourth-order valence-electron chi connectivity index (χ4n) is 1.01. The van der Waals surface area contributed by atoms with Gasteiger partial charge >= 0.3 is 0 Å². The van der Waals surface area contributed by atoms with Crippen molar-refractivity contribution in [2.45, 2.75) is 19.4 Å². The summed E-state index contributed by atoms with van der Waals surface area (Å²) in [7, 11) is 0. The van der Waals surface area contributed by atoms with Gasteiger partial charge in [-0.15, -0.1) is 0 Å². The van der Waals surface area contributed by atoms with Crippen LogP contribution in [0.2, 0.25) is 0 Å². The third-order valence-corrected chi connectivity index (χ3v) is 1.72. The molecule has 1 unspecified atom stereocenters. The van der Waals surface area contributed by atoms with E-state index in [-0.39, 0.29) is 11.9 Å². The first-order chi connectivity index (χ1) is 5.77. The molecule has 0 spiro atoms. The Balaban J connectivity index is 2.80. The normalized spacial score (nSPS) is 12.9. The minimum Gasteiger partial charge on any atom is -0.271 e. The number of pyridine rings is 1. The summed E-state index contributed by atoms with van der Waals surface area (Å²) in [6.07, 6.45) is 2.02. The molecule has 0 aliphatic carbocycles. The van der Waals surface area contributed by atoms with Gasteiger partial charge in [-0.3, -0.25) is 16.3 Å². The van der Waals surface area contributed by atoms with E-state index in [1.807, 2.05) is 6.92 Å². The maximum Gasteiger partial charge on any atom is 0.141 e. The second kappa shape index (κ2) is 4.13. The van der Waals surface area contributed by atoms with E-state index in [0.717, 1.165) is 12.1 Å². The van der Waals surface area contributed by atoms with Crippen LogP contribution in [0.1, 0.15) is 25.1 Å². The Labute approximate surface area is 70.8 Å². The Hall–Kier alpha value is -1.00. The molecule has 1 aromatic rings. The number of rotatable bonds is 3. The van der Waals surface area contributed by atoms with Crippen molar-refractivity contribution in [1.82, 2.24) is 10.4 Å². The molecule has 12 heavy (non-hydrogen) atoms. The molecular formula is C8H12FN3. The van der Waals surface area contributed by atoms with Crippen molar-refractivity contribution in [3.63, 3.8) is 0 Å². The Morgan fingerprint density at radius 3 is 2.83 bits per heavy atom. The van der Waals surface area contributed by atoms with E-state index in [1.165, 1.54) is 12.3 Å². The first-order valence-electron chi connectivity index (χ1n) is 3.85. The Morgan fingerprint density at radius 2 is 2.42 bits per heavy atom. The van der Waals surface area contributed by atoms with Crippen LogP contribution in [0, 0.1) is 5.82 Å². The Bertz CT molecular complexity index is 231. The average Bonchev–Trinajstić information content (AvgIpc) is 2.10. The van der Waals surface area contributed by atoms with Gasteiger partial charge in [-0.25, -0.2) is 4.39 Å². The quantitative estimate of drug-likeness (QED) is 0.527. The van der Waals surface area contributed by atoms with Gasteiger partial charge in [0.2, 0.25) is 0 Å². The van der Waals surface area contributed by atoms with Crippen LogP contribution in [0.4, 0.5) is 4.39 Å². The van der Waals surface area contributed by atoms with Gasteiger partial charge in [-0.2, -0.15) is 0 Å². The standard InChI is InChI=1S/C8H12FN3/c1-2-7(12-10)8-4-3-6(9)5-11-8/h3-5,7,12H,2,10H2,1H3. The molecule has 0 saturated heterocycles. The van der Waals surface area contributed by atoms with E-state index in [0.29, 0.717) is 0 Å². The highest BCUT2D eigenvalue weighted by Crippen LogP contribution is 2.12. The van der Waals surface area contributed by atoms with Gasteiger partial charge in [0.15, 0.2) is 0 Å². The van der Waals surface area contributed by atoms with Crippen molar-refractivity contribution < 1.29 is 4.39 Å². The van der Waals surface area contributed by atoms with Crippen LogP contribution in [-0.4, -0.2) is 4.98 Å². The van der Waals surface area contributed by atoms with E-state index in [1.54, 1.807) is 6.07 Å². The molecule has 0 saturated carbocycles. The molecule has 0 fully saturated rings. The molecule has 0 aromatic carbocycles. The lowest BCUT2D eigenvalue weighted by Gasteiger charge is -2.11. The van der Waals surface area contributed by atoms with E-state index < -0.39 is 0 Å². The van der Waals surface area contributed by atoms with Crippen LogP contribution in [0.15, 0.2) is 18.3 Å². The summed E-state index contributed by atoms with van der Waals surface area (Å²) >= 11 is 0. The summed E-state index contributed by atoms with van der Waals surface area (Å²) in [5.41, 5.74) is 3.37. The number of halogens is 1. The van der Waals surface area contributed by atoms with Gasteiger partial charge in [-0.1, -0.05) is 6.92 Å². The van der Waals surface area contributed by atoms with E-state index in [9.17, 15) is 4.39 Å². The number of nitrogens with one attached hydrogen (secondary N) is 1. The lowest BCUT2D eigenvalue weighted by Crippen LogP contribution is -2.28. The Morgan fingerprint density at radius 1 is 1.67 bits per heavy atom. The van der Waals surface area contributed by atoms with Crippen molar-refractivity contribution in [3.8, 4) is 0 Å². The third kappa shape index (κ3) is 1.99. The maximum absolute atomic E-state index is 12.4. The summed E-state index contributed by atoms with van der Waals surface area (Å²) in [4.78, 5) is 3.90. The molecule has 4 heteroatoms. The molecular weight excluding hydrogens is 157 g/mol. The average molecular weight is 169 g/mol.